The summed E-state index contributed by atoms with van der Waals surface area (Å²) in [7, 11) is 1.74. The van der Waals surface area contributed by atoms with Gasteiger partial charge < -0.3 is 19.7 Å². The van der Waals surface area contributed by atoms with Gasteiger partial charge in [0.2, 0.25) is 0 Å². The molecule has 0 rings (SSSR count). The Balaban J connectivity index is 4.04. The SMILES string of the molecule is CCN(CCCNC(C)CC(C)(C)OC)C(=O)OC(C)(C)C. The van der Waals surface area contributed by atoms with Crippen molar-refractivity contribution >= 4 is 6.09 Å². The maximum absolute atomic E-state index is 12.0. The standard InChI is InChI=1S/C17H36N2O3/c1-9-19(15(20)22-16(3,4)5)12-10-11-18-14(2)13-17(6,7)21-8/h14,18H,9-13H2,1-8H3. The van der Waals surface area contributed by atoms with Crippen LogP contribution in [0.25, 0.3) is 0 Å². The Bertz CT molecular complexity index is 324. The molecule has 0 aromatic heterocycles. The number of methoxy groups -OCH3 is 1. The molecule has 0 aliphatic rings. The topological polar surface area (TPSA) is 50.8 Å². The summed E-state index contributed by atoms with van der Waals surface area (Å²) in [5.74, 6) is 0. The monoisotopic (exact) mass is 316 g/mol. The lowest BCUT2D eigenvalue weighted by molar-refractivity contribution is 0.00853. The van der Waals surface area contributed by atoms with Crippen LogP contribution in [-0.4, -0.2) is 55.0 Å². The molecular weight excluding hydrogens is 280 g/mol. The van der Waals surface area contributed by atoms with Crippen molar-refractivity contribution in [2.24, 2.45) is 0 Å². The van der Waals surface area contributed by atoms with E-state index < -0.39 is 5.60 Å². The Morgan fingerprint density at radius 3 is 2.27 bits per heavy atom. The molecule has 5 heteroatoms. The largest absolute Gasteiger partial charge is 0.444 e. The van der Waals surface area contributed by atoms with Gasteiger partial charge in [-0.2, -0.15) is 0 Å². The first kappa shape index (κ1) is 21.2. The van der Waals surface area contributed by atoms with Crippen LogP contribution in [0, 0.1) is 0 Å². The van der Waals surface area contributed by atoms with Crippen molar-refractivity contribution in [3.05, 3.63) is 0 Å². The van der Waals surface area contributed by atoms with Gasteiger partial charge >= 0.3 is 6.09 Å². The molecule has 0 aliphatic heterocycles. The second kappa shape index (κ2) is 9.36. The maximum atomic E-state index is 12.0. The van der Waals surface area contributed by atoms with E-state index >= 15 is 0 Å². The van der Waals surface area contributed by atoms with Crippen LogP contribution in [0.1, 0.15) is 61.3 Å². The van der Waals surface area contributed by atoms with E-state index in [-0.39, 0.29) is 11.7 Å². The smallest absolute Gasteiger partial charge is 0.410 e. The van der Waals surface area contributed by atoms with Crippen molar-refractivity contribution < 1.29 is 14.3 Å². The minimum atomic E-state index is -0.441. The molecule has 0 fully saturated rings. The van der Waals surface area contributed by atoms with E-state index in [2.05, 4.69) is 26.1 Å². The van der Waals surface area contributed by atoms with Crippen LogP contribution in [0.4, 0.5) is 4.79 Å². The van der Waals surface area contributed by atoms with Crippen LogP contribution in [0.2, 0.25) is 0 Å². The normalized spacial score (nSPS) is 13.8. The molecule has 0 bridgehead atoms. The van der Waals surface area contributed by atoms with Gasteiger partial charge in [-0.25, -0.2) is 4.79 Å². The first-order valence-corrected chi connectivity index (χ1v) is 8.27. The van der Waals surface area contributed by atoms with Gasteiger partial charge in [0.15, 0.2) is 0 Å². The van der Waals surface area contributed by atoms with E-state index in [4.69, 9.17) is 9.47 Å². The third kappa shape index (κ3) is 10.0. The summed E-state index contributed by atoms with van der Waals surface area (Å²) in [6.45, 7) is 16.2. The fourth-order valence-electron chi connectivity index (χ4n) is 2.22. The Morgan fingerprint density at radius 1 is 1.23 bits per heavy atom. The van der Waals surface area contributed by atoms with E-state index in [0.717, 1.165) is 19.4 Å². The van der Waals surface area contributed by atoms with Gasteiger partial charge in [-0.1, -0.05) is 0 Å². The lowest BCUT2D eigenvalue weighted by Crippen LogP contribution is -2.39. The number of amides is 1. The highest BCUT2D eigenvalue weighted by molar-refractivity contribution is 5.68. The fraction of sp³-hybridized carbons (Fsp3) is 0.941. The molecular formula is C17H36N2O3. The number of carbonyl (C=O) groups excluding carboxylic acids is 1. The highest BCUT2D eigenvalue weighted by Gasteiger charge is 2.21. The van der Waals surface area contributed by atoms with Crippen LogP contribution in [0.5, 0.6) is 0 Å². The van der Waals surface area contributed by atoms with Crippen molar-refractivity contribution in [1.82, 2.24) is 10.2 Å². The van der Waals surface area contributed by atoms with E-state index in [1.165, 1.54) is 0 Å². The van der Waals surface area contributed by atoms with Gasteiger partial charge in [0.25, 0.3) is 0 Å². The van der Waals surface area contributed by atoms with Crippen LogP contribution >= 0.6 is 0 Å². The molecule has 22 heavy (non-hydrogen) atoms. The first-order chi connectivity index (χ1) is 10.0. The molecule has 132 valence electrons. The van der Waals surface area contributed by atoms with Crippen molar-refractivity contribution in [2.45, 2.75) is 78.6 Å². The number of nitrogens with zero attached hydrogens (tertiary/aromatic N) is 1. The third-order valence-corrected chi connectivity index (χ3v) is 3.48. The Labute approximate surface area is 136 Å². The van der Waals surface area contributed by atoms with E-state index in [9.17, 15) is 4.79 Å². The van der Waals surface area contributed by atoms with E-state index in [1.807, 2.05) is 27.7 Å². The summed E-state index contributed by atoms with van der Waals surface area (Å²) < 4.78 is 10.8. The predicted octanol–water partition coefficient (Wildman–Crippen LogP) is 3.43. The number of hydrogen-bond donors (Lipinski definition) is 1. The van der Waals surface area contributed by atoms with Gasteiger partial charge in [-0.3, -0.25) is 0 Å². The number of rotatable bonds is 9. The van der Waals surface area contributed by atoms with Gasteiger partial charge in [0.1, 0.15) is 5.60 Å². The molecule has 1 atom stereocenters. The van der Waals surface area contributed by atoms with Gasteiger partial charge in [-0.15, -0.1) is 0 Å². The molecule has 5 nitrogen and oxygen atoms in total. The lowest BCUT2D eigenvalue weighted by Gasteiger charge is -2.28. The minimum absolute atomic E-state index is 0.113. The van der Waals surface area contributed by atoms with Crippen molar-refractivity contribution in [1.29, 1.82) is 0 Å². The van der Waals surface area contributed by atoms with Crippen molar-refractivity contribution in [2.75, 3.05) is 26.7 Å². The first-order valence-electron chi connectivity index (χ1n) is 8.27. The Morgan fingerprint density at radius 2 is 1.82 bits per heavy atom. The lowest BCUT2D eigenvalue weighted by atomic mass is 10.00. The van der Waals surface area contributed by atoms with Crippen molar-refractivity contribution in [3.63, 3.8) is 0 Å². The van der Waals surface area contributed by atoms with Gasteiger partial charge in [-0.05, 0) is 67.9 Å². The van der Waals surface area contributed by atoms with Crippen LogP contribution in [0.15, 0.2) is 0 Å². The minimum Gasteiger partial charge on any atom is -0.444 e. The van der Waals surface area contributed by atoms with Crippen LogP contribution < -0.4 is 5.32 Å². The fourth-order valence-corrected chi connectivity index (χ4v) is 2.22. The Hall–Kier alpha value is -0.810. The zero-order valence-corrected chi connectivity index (χ0v) is 15.8. The molecule has 1 N–H and O–H groups in total. The summed E-state index contributed by atoms with van der Waals surface area (Å²) in [6.07, 6.45) is 1.63. The van der Waals surface area contributed by atoms with Crippen molar-refractivity contribution in [3.8, 4) is 0 Å². The second-order valence-electron chi connectivity index (χ2n) is 7.44. The van der Waals surface area contributed by atoms with E-state index in [0.29, 0.717) is 19.1 Å². The second-order valence-corrected chi connectivity index (χ2v) is 7.44. The molecule has 0 aliphatic carbocycles. The third-order valence-electron chi connectivity index (χ3n) is 3.48. The molecule has 0 aromatic rings. The number of carbonyl (C=O) groups is 1. The number of hydrogen-bond acceptors (Lipinski definition) is 4. The summed E-state index contributed by atoms with van der Waals surface area (Å²) in [6, 6.07) is 0.381. The average Bonchev–Trinajstić information content (AvgIpc) is 2.36. The summed E-state index contributed by atoms with van der Waals surface area (Å²) in [4.78, 5) is 13.8. The molecule has 0 radical (unpaired) electrons. The quantitative estimate of drug-likeness (QED) is 0.662. The maximum Gasteiger partial charge on any atom is 0.410 e. The molecule has 0 spiro atoms. The molecule has 0 saturated heterocycles. The number of ether oxygens (including phenoxy) is 2. The van der Waals surface area contributed by atoms with E-state index in [1.54, 1.807) is 12.0 Å². The zero-order chi connectivity index (χ0) is 17.4. The van der Waals surface area contributed by atoms with Crippen LogP contribution in [0.3, 0.4) is 0 Å². The van der Waals surface area contributed by atoms with Crippen LogP contribution in [-0.2, 0) is 9.47 Å². The molecule has 1 amide bonds. The molecule has 1 unspecified atom stereocenters. The highest BCUT2D eigenvalue weighted by Crippen LogP contribution is 2.15. The number of nitrogens with one attached hydrogen (secondary N) is 1. The van der Waals surface area contributed by atoms with Gasteiger partial charge in [0, 0.05) is 26.2 Å². The molecule has 0 heterocycles. The molecule has 0 saturated carbocycles. The average molecular weight is 316 g/mol. The Kier molecular flexibility index (Phi) is 9.01. The summed E-state index contributed by atoms with van der Waals surface area (Å²) in [5.41, 5.74) is -0.554. The predicted molar refractivity (Wildman–Crippen MR) is 91.3 cm³/mol. The summed E-state index contributed by atoms with van der Waals surface area (Å²) in [5, 5.41) is 3.48. The molecule has 0 aromatic carbocycles. The zero-order valence-electron chi connectivity index (χ0n) is 15.8. The van der Waals surface area contributed by atoms with Gasteiger partial charge in [0.05, 0.1) is 5.60 Å². The highest BCUT2D eigenvalue weighted by atomic mass is 16.6. The summed E-state index contributed by atoms with van der Waals surface area (Å²) >= 11 is 0.